The number of hydrogen-bond acceptors (Lipinski definition) is 5. The molecule has 0 spiro atoms. The Bertz CT molecular complexity index is 2870. The predicted molar refractivity (Wildman–Crippen MR) is 181 cm³/mol. The average molecular weight is 599 g/mol. The van der Waals surface area contributed by atoms with Gasteiger partial charge in [-0.15, -0.1) is 0 Å². The summed E-state index contributed by atoms with van der Waals surface area (Å²) in [6.07, 6.45) is 0. The largest absolute Gasteiger partial charge is 0.454 e. The fraction of sp³-hybridized carbons (Fsp3) is 0. The molecular weight excluding hydrogens is 580 g/mol. The van der Waals surface area contributed by atoms with Crippen LogP contribution in [-0.4, -0.2) is 9.13 Å². The zero-order valence-electron chi connectivity index (χ0n) is 24.5. The molecule has 47 heavy (non-hydrogen) atoms. The van der Waals surface area contributed by atoms with E-state index in [1.807, 2.05) is 91.0 Å². The third-order valence-corrected chi connectivity index (χ3v) is 9.01. The Morgan fingerprint density at radius 3 is 1.36 bits per heavy atom. The topological polar surface area (TPSA) is 118 Å². The van der Waals surface area contributed by atoms with E-state index in [1.54, 1.807) is 12.1 Å². The lowest BCUT2D eigenvalue weighted by Crippen LogP contribution is -1.94. The van der Waals surface area contributed by atoms with Gasteiger partial charge < -0.3 is 13.6 Å². The summed E-state index contributed by atoms with van der Waals surface area (Å²) < 4.78 is 10.9. The zero-order valence-corrected chi connectivity index (χ0v) is 24.5. The van der Waals surface area contributed by atoms with Crippen molar-refractivity contribution in [2.75, 3.05) is 0 Å². The molecule has 0 radical (unpaired) electrons. The molecule has 0 aliphatic rings. The lowest BCUT2D eigenvalue weighted by atomic mass is 10.1. The highest BCUT2D eigenvalue weighted by Gasteiger charge is 2.20. The summed E-state index contributed by atoms with van der Waals surface area (Å²) in [7, 11) is 0. The minimum absolute atomic E-state index is 0.547. The van der Waals surface area contributed by atoms with Crippen molar-refractivity contribution in [1.82, 2.24) is 9.13 Å². The number of fused-ring (bicyclic) bond motifs is 9. The quantitative estimate of drug-likeness (QED) is 0.196. The summed E-state index contributed by atoms with van der Waals surface area (Å²) in [5, 5.41) is 43.9. The minimum Gasteiger partial charge on any atom is -0.454 e. The molecule has 0 aliphatic carbocycles. The van der Waals surface area contributed by atoms with Crippen molar-refractivity contribution >= 4 is 65.6 Å². The molecule has 7 heteroatoms. The molecule has 0 saturated heterocycles. The Morgan fingerprint density at radius 1 is 0.426 bits per heavy atom. The number of aromatic nitrogens is 2. The van der Waals surface area contributed by atoms with E-state index in [-0.39, 0.29) is 0 Å². The van der Waals surface area contributed by atoms with Crippen LogP contribution in [0, 0.1) is 45.3 Å². The fourth-order valence-corrected chi connectivity index (χ4v) is 6.95. The maximum atomic E-state index is 9.62. The molecule has 7 nitrogen and oxygen atoms in total. The lowest BCUT2D eigenvalue weighted by molar-refractivity contribution is 0.666. The van der Waals surface area contributed by atoms with E-state index < -0.39 is 0 Å². The highest BCUT2D eigenvalue weighted by Crippen LogP contribution is 2.40. The number of para-hydroxylation sites is 1. The maximum Gasteiger partial charge on any atom is 0.159 e. The van der Waals surface area contributed by atoms with Gasteiger partial charge in [0.1, 0.15) is 5.58 Å². The second-order valence-corrected chi connectivity index (χ2v) is 11.5. The first-order chi connectivity index (χ1) is 23.1. The first-order valence-electron chi connectivity index (χ1n) is 14.8. The summed E-state index contributed by atoms with van der Waals surface area (Å²) in [5.74, 6) is 0. The van der Waals surface area contributed by atoms with Gasteiger partial charge in [0.15, 0.2) is 5.58 Å². The van der Waals surface area contributed by atoms with E-state index in [0.29, 0.717) is 27.8 Å². The number of nitrogens with zero attached hydrogens (tertiary/aromatic N) is 6. The van der Waals surface area contributed by atoms with Crippen LogP contribution in [0.1, 0.15) is 22.3 Å². The molecule has 0 unspecified atom stereocenters. The van der Waals surface area contributed by atoms with Crippen LogP contribution in [0.25, 0.3) is 76.9 Å². The van der Waals surface area contributed by atoms with Crippen LogP contribution >= 0.6 is 0 Å². The highest BCUT2D eigenvalue weighted by molar-refractivity contribution is 6.14. The molecule has 3 heterocycles. The highest BCUT2D eigenvalue weighted by atomic mass is 16.3. The molecule has 6 aromatic carbocycles. The van der Waals surface area contributed by atoms with Gasteiger partial charge >= 0.3 is 0 Å². The summed E-state index contributed by atoms with van der Waals surface area (Å²) in [4.78, 5) is 0. The zero-order chi connectivity index (χ0) is 31.8. The van der Waals surface area contributed by atoms with E-state index in [0.717, 1.165) is 71.3 Å². The SMILES string of the molecule is N#Cc1ccc2c(c1)c1cc(C#N)ccc1n2-c1ccc2oc3c(-n4c5ccc(C#N)cc5c5cc(C#N)ccc54)cccc3c2c1. The molecular formula is C40H18N6O. The van der Waals surface area contributed by atoms with E-state index in [2.05, 4.69) is 39.5 Å². The van der Waals surface area contributed by atoms with E-state index in [4.69, 9.17) is 4.42 Å². The molecule has 0 fully saturated rings. The van der Waals surface area contributed by atoms with Gasteiger partial charge in [0.25, 0.3) is 0 Å². The number of rotatable bonds is 2. The molecule has 0 aliphatic heterocycles. The second-order valence-electron chi connectivity index (χ2n) is 11.5. The van der Waals surface area contributed by atoms with Crippen molar-refractivity contribution in [3.63, 3.8) is 0 Å². The molecule has 0 N–H and O–H groups in total. The Morgan fingerprint density at radius 2 is 0.894 bits per heavy atom. The Hall–Kier alpha value is -7.32. The summed E-state index contributed by atoms with van der Waals surface area (Å²) in [6.45, 7) is 0. The average Bonchev–Trinajstić information content (AvgIpc) is 3.77. The van der Waals surface area contributed by atoms with Gasteiger partial charge in [0.2, 0.25) is 0 Å². The minimum atomic E-state index is 0.547. The molecule has 3 aromatic heterocycles. The van der Waals surface area contributed by atoms with Crippen molar-refractivity contribution in [2.24, 2.45) is 0 Å². The predicted octanol–water partition coefficient (Wildman–Crippen LogP) is 9.27. The van der Waals surface area contributed by atoms with Gasteiger partial charge in [-0.25, -0.2) is 0 Å². The second kappa shape index (κ2) is 9.59. The van der Waals surface area contributed by atoms with Crippen LogP contribution in [0.2, 0.25) is 0 Å². The van der Waals surface area contributed by atoms with Crippen molar-refractivity contribution in [3.05, 3.63) is 131 Å². The number of nitriles is 4. The third kappa shape index (κ3) is 3.63. The van der Waals surface area contributed by atoms with Gasteiger partial charge in [0.05, 0.1) is 74.3 Å². The van der Waals surface area contributed by atoms with Crippen LogP contribution in [0.5, 0.6) is 0 Å². The van der Waals surface area contributed by atoms with Crippen molar-refractivity contribution in [1.29, 1.82) is 21.0 Å². The van der Waals surface area contributed by atoms with Gasteiger partial charge in [-0.3, -0.25) is 0 Å². The Labute approximate surface area is 266 Å². The van der Waals surface area contributed by atoms with Crippen molar-refractivity contribution in [3.8, 4) is 35.7 Å². The molecule has 0 atom stereocenters. The fourth-order valence-electron chi connectivity index (χ4n) is 6.95. The number of furan rings is 1. The first-order valence-corrected chi connectivity index (χ1v) is 14.8. The molecule has 9 rings (SSSR count). The van der Waals surface area contributed by atoms with Gasteiger partial charge in [0, 0.05) is 38.0 Å². The van der Waals surface area contributed by atoms with Crippen LogP contribution in [-0.2, 0) is 0 Å². The summed E-state index contributed by atoms with van der Waals surface area (Å²) >= 11 is 0. The smallest absolute Gasteiger partial charge is 0.159 e. The van der Waals surface area contributed by atoms with E-state index in [1.165, 1.54) is 0 Å². The van der Waals surface area contributed by atoms with Crippen molar-refractivity contribution < 1.29 is 4.42 Å². The Kier molecular flexibility index (Phi) is 5.33. The third-order valence-electron chi connectivity index (χ3n) is 9.01. The number of benzene rings is 6. The number of hydrogen-bond donors (Lipinski definition) is 0. The molecule has 0 bridgehead atoms. The van der Waals surface area contributed by atoms with Gasteiger partial charge in [-0.2, -0.15) is 21.0 Å². The summed E-state index contributed by atoms with van der Waals surface area (Å²) in [6, 6.07) is 43.6. The molecule has 9 aromatic rings. The van der Waals surface area contributed by atoms with Crippen LogP contribution in [0.4, 0.5) is 0 Å². The van der Waals surface area contributed by atoms with Crippen molar-refractivity contribution in [2.45, 2.75) is 0 Å². The lowest BCUT2D eigenvalue weighted by Gasteiger charge is -2.09. The van der Waals surface area contributed by atoms with Crippen LogP contribution in [0.15, 0.2) is 114 Å². The normalized spacial score (nSPS) is 11.3. The standard InChI is InChI=1S/C40H18N6O/c41-19-23-4-9-34-29(14-23)30-15-24(20-42)5-10-35(30)45(34)27-8-13-39-33(18-27)28-2-1-3-38(40(28)47-39)46-36-11-6-25(21-43)16-31(36)32-17-26(22-44)7-12-37(32)46/h1-18H. The van der Waals surface area contributed by atoms with Gasteiger partial charge in [-0.05, 0) is 97.1 Å². The van der Waals surface area contributed by atoms with E-state index in [9.17, 15) is 21.0 Å². The Balaban J connectivity index is 1.31. The van der Waals surface area contributed by atoms with Gasteiger partial charge in [-0.1, -0.05) is 12.1 Å². The molecule has 0 saturated carbocycles. The molecule has 214 valence electrons. The summed E-state index contributed by atoms with van der Waals surface area (Å²) in [5.41, 5.74) is 9.09. The monoisotopic (exact) mass is 598 g/mol. The first kappa shape index (κ1) is 26.1. The van der Waals surface area contributed by atoms with E-state index >= 15 is 0 Å². The van der Waals surface area contributed by atoms with Crippen LogP contribution in [0.3, 0.4) is 0 Å². The molecule has 0 amide bonds. The van der Waals surface area contributed by atoms with Crippen LogP contribution < -0.4 is 0 Å². The maximum absolute atomic E-state index is 9.62.